The number of nitrogens with one attached hydrogen (secondary N) is 1. The molecule has 2 rings (SSSR count). The fourth-order valence-corrected chi connectivity index (χ4v) is 3.06. The first-order chi connectivity index (χ1) is 9.55. The third-order valence-electron chi connectivity index (χ3n) is 2.86. The molecule has 106 valence electrons. The van der Waals surface area contributed by atoms with Crippen molar-refractivity contribution in [3.63, 3.8) is 0 Å². The molecule has 1 heterocycles. The number of methoxy groups -OCH3 is 1. The minimum atomic E-state index is -0.217. The Kier molecular flexibility index (Phi) is 4.77. The van der Waals surface area contributed by atoms with Gasteiger partial charge in [-0.3, -0.25) is 10.1 Å². The molecular formula is C14H15BrN2O2S. The maximum Gasteiger partial charge on any atom is 0.261 e. The molecule has 0 spiro atoms. The normalized spacial score (nSPS) is 10.4. The van der Waals surface area contributed by atoms with Crippen LogP contribution in [0.4, 0.5) is 5.13 Å². The Morgan fingerprint density at radius 3 is 2.85 bits per heavy atom. The Balaban J connectivity index is 2.23. The molecule has 20 heavy (non-hydrogen) atoms. The Morgan fingerprint density at radius 1 is 1.50 bits per heavy atom. The molecule has 0 atom stereocenters. The fraction of sp³-hybridized carbons (Fsp3) is 0.286. The summed E-state index contributed by atoms with van der Waals surface area (Å²) >= 11 is 4.84. The maximum absolute atomic E-state index is 12.3. The minimum Gasteiger partial charge on any atom is -0.496 e. The van der Waals surface area contributed by atoms with Crippen LogP contribution in [0.1, 0.15) is 27.9 Å². The standard InChI is InChI=1S/C14H15BrN2O2S/c1-4-11-8(2)20-14(16-11)17-13(18)10-6-5-9(15)7-12(10)19-3/h5-7H,4H2,1-3H3,(H,16,17,18). The van der Waals surface area contributed by atoms with Crippen molar-refractivity contribution in [2.75, 3.05) is 12.4 Å². The van der Waals surface area contributed by atoms with Crippen molar-refractivity contribution < 1.29 is 9.53 Å². The van der Waals surface area contributed by atoms with Gasteiger partial charge in [0.15, 0.2) is 5.13 Å². The number of carbonyl (C=O) groups is 1. The van der Waals surface area contributed by atoms with Crippen LogP contribution in [0.25, 0.3) is 0 Å². The van der Waals surface area contributed by atoms with Crippen LogP contribution in [-0.4, -0.2) is 18.0 Å². The highest BCUT2D eigenvalue weighted by Crippen LogP contribution is 2.26. The predicted molar refractivity (Wildman–Crippen MR) is 84.9 cm³/mol. The summed E-state index contributed by atoms with van der Waals surface area (Å²) in [6, 6.07) is 5.29. The molecule has 0 aliphatic carbocycles. The van der Waals surface area contributed by atoms with E-state index in [2.05, 4.69) is 26.2 Å². The molecule has 0 radical (unpaired) electrons. The topological polar surface area (TPSA) is 51.2 Å². The molecule has 0 aliphatic rings. The number of aryl methyl sites for hydroxylation is 2. The SMILES string of the molecule is CCc1nc(NC(=O)c2ccc(Br)cc2OC)sc1C. The maximum atomic E-state index is 12.3. The van der Waals surface area contributed by atoms with Gasteiger partial charge in [-0.25, -0.2) is 4.98 Å². The highest BCUT2D eigenvalue weighted by Gasteiger charge is 2.15. The van der Waals surface area contributed by atoms with E-state index in [1.54, 1.807) is 19.2 Å². The first kappa shape index (κ1) is 15.0. The third kappa shape index (κ3) is 3.19. The monoisotopic (exact) mass is 354 g/mol. The zero-order valence-corrected chi connectivity index (χ0v) is 13.9. The smallest absolute Gasteiger partial charge is 0.261 e. The summed E-state index contributed by atoms with van der Waals surface area (Å²) in [7, 11) is 1.54. The summed E-state index contributed by atoms with van der Waals surface area (Å²) in [6.45, 7) is 4.05. The molecule has 4 nitrogen and oxygen atoms in total. The summed E-state index contributed by atoms with van der Waals surface area (Å²) in [4.78, 5) is 17.8. The highest BCUT2D eigenvalue weighted by molar-refractivity contribution is 9.10. The number of hydrogen-bond acceptors (Lipinski definition) is 4. The van der Waals surface area contributed by atoms with Crippen molar-refractivity contribution >= 4 is 38.3 Å². The van der Waals surface area contributed by atoms with Crippen LogP contribution in [0.2, 0.25) is 0 Å². The summed E-state index contributed by atoms with van der Waals surface area (Å²) in [5.41, 5.74) is 1.51. The molecule has 0 fully saturated rings. The van der Waals surface area contributed by atoms with Crippen molar-refractivity contribution in [2.24, 2.45) is 0 Å². The summed E-state index contributed by atoms with van der Waals surface area (Å²) < 4.78 is 6.09. The van der Waals surface area contributed by atoms with Gasteiger partial charge >= 0.3 is 0 Å². The molecule has 0 saturated carbocycles. The van der Waals surface area contributed by atoms with Crippen molar-refractivity contribution in [3.05, 3.63) is 38.8 Å². The average molecular weight is 355 g/mol. The van der Waals surface area contributed by atoms with Crippen molar-refractivity contribution in [1.29, 1.82) is 0 Å². The van der Waals surface area contributed by atoms with Crippen LogP contribution in [0.3, 0.4) is 0 Å². The van der Waals surface area contributed by atoms with E-state index >= 15 is 0 Å². The van der Waals surface area contributed by atoms with Crippen LogP contribution in [0, 0.1) is 6.92 Å². The fourth-order valence-electron chi connectivity index (χ4n) is 1.83. The van der Waals surface area contributed by atoms with E-state index in [0.717, 1.165) is 21.5 Å². The van der Waals surface area contributed by atoms with Gasteiger partial charge in [0.2, 0.25) is 0 Å². The number of nitrogens with zero attached hydrogens (tertiary/aromatic N) is 1. The molecular weight excluding hydrogens is 340 g/mol. The van der Waals surface area contributed by atoms with Gasteiger partial charge in [0.1, 0.15) is 5.75 Å². The summed E-state index contributed by atoms with van der Waals surface area (Å²) in [5, 5.41) is 3.44. The predicted octanol–water partition coefficient (Wildman–Crippen LogP) is 4.04. The number of benzene rings is 1. The van der Waals surface area contributed by atoms with Crippen LogP contribution < -0.4 is 10.1 Å². The second kappa shape index (κ2) is 6.37. The van der Waals surface area contributed by atoms with Crippen LogP contribution in [-0.2, 0) is 6.42 Å². The first-order valence-electron chi connectivity index (χ1n) is 6.16. The lowest BCUT2D eigenvalue weighted by atomic mass is 10.2. The van der Waals surface area contributed by atoms with Gasteiger partial charge < -0.3 is 4.74 Å². The Labute approximate surface area is 130 Å². The lowest BCUT2D eigenvalue weighted by Gasteiger charge is -2.08. The van der Waals surface area contributed by atoms with Crippen molar-refractivity contribution in [2.45, 2.75) is 20.3 Å². The quantitative estimate of drug-likeness (QED) is 0.901. The number of rotatable bonds is 4. The highest BCUT2D eigenvalue weighted by atomic mass is 79.9. The van der Waals surface area contributed by atoms with E-state index in [4.69, 9.17) is 4.74 Å². The van der Waals surface area contributed by atoms with E-state index in [9.17, 15) is 4.79 Å². The number of carbonyl (C=O) groups excluding carboxylic acids is 1. The molecule has 6 heteroatoms. The molecule has 1 aromatic carbocycles. The Morgan fingerprint density at radius 2 is 2.25 bits per heavy atom. The molecule has 0 unspecified atom stereocenters. The first-order valence-corrected chi connectivity index (χ1v) is 7.77. The summed E-state index contributed by atoms with van der Waals surface area (Å²) in [6.07, 6.45) is 0.861. The summed E-state index contributed by atoms with van der Waals surface area (Å²) in [5.74, 6) is 0.312. The second-order valence-electron chi connectivity index (χ2n) is 4.17. The molecule has 0 saturated heterocycles. The number of ether oxygens (including phenoxy) is 1. The largest absolute Gasteiger partial charge is 0.496 e. The van der Waals surface area contributed by atoms with E-state index in [-0.39, 0.29) is 5.91 Å². The van der Waals surface area contributed by atoms with Gasteiger partial charge in [-0.05, 0) is 31.5 Å². The van der Waals surface area contributed by atoms with Gasteiger partial charge in [-0.2, -0.15) is 0 Å². The number of thiazole rings is 1. The van der Waals surface area contributed by atoms with Crippen molar-refractivity contribution in [1.82, 2.24) is 4.98 Å². The van der Waals surface area contributed by atoms with E-state index in [1.165, 1.54) is 11.3 Å². The van der Waals surface area contributed by atoms with Gasteiger partial charge in [-0.15, -0.1) is 11.3 Å². The number of hydrogen-bond donors (Lipinski definition) is 1. The molecule has 0 bridgehead atoms. The zero-order chi connectivity index (χ0) is 14.7. The lowest BCUT2D eigenvalue weighted by molar-refractivity contribution is 0.102. The number of amides is 1. The van der Waals surface area contributed by atoms with Crippen LogP contribution >= 0.6 is 27.3 Å². The minimum absolute atomic E-state index is 0.217. The number of halogens is 1. The molecule has 0 aliphatic heterocycles. The van der Waals surface area contributed by atoms with E-state index in [0.29, 0.717) is 16.4 Å². The van der Waals surface area contributed by atoms with Gasteiger partial charge in [0.05, 0.1) is 18.4 Å². The van der Waals surface area contributed by atoms with E-state index < -0.39 is 0 Å². The molecule has 1 N–H and O–H groups in total. The Bertz CT molecular complexity index is 640. The van der Waals surface area contributed by atoms with Crippen LogP contribution in [0.5, 0.6) is 5.75 Å². The van der Waals surface area contributed by atoms with Crippen LogP contribution in [0.15, 0.2) is 22.7 Å². The number of anilines is 1. The second-order valence-corrected chi connectivity index (χ2v) is 6.29. The Hall–Kier alpha value is -1.40. The average Bonchev–Trinajstić information content (AvgIpc) is 2.78. The van der Waals surface area contributed by atoms with E-state index in [1.807, 2.05) is 19.9 Å². The zero-order valence-electron chi connectivity index (χ0n) is 11.5. The lowest BCUT2D eigenvalue weighted by Crippen LogP contribution is -2.13. The van der Waals surface area contributed by atoms with Gasteiger partial charge in [-0.1, -0.05) is 22.9 Å². The van der Waals surface area contributed by atoms with Gasteiger partial charge in [0.25, 0.3) is 5.91 Å². The molecule has 2 aromatic rings. The van der Waals surface area contributed by atoms with Crippen molar-refractivity contribution in [3.8, 4) is 5.75 Å². The molecule has 1 aromatic heterocycles. The number of aromatic nitrogens is 1. The third-order valence-corrected chi connectivity index (χ3v) is 4.28. The van der Waals surface area contributed by atoms with Gasteiger partial charge in [0, 0.05) is 9.35 Å². The molecule has 1 amide bonds.